The van der Waals surface area contributed by atoms with Crippen LogP contribution < -0.4 is 5.32 Å². The molecule has 0 saturated heterocycles. The van der Waals surface area contributed by atoms with Gasteiger partial charge in [-0.3, -0.25) is 0 Å². The van der Waals surface area contributed by atoms with Gasteiger partial charge in [0.2, 0.25) is 11.8 Å². The van der Waals surface area contributed by atoms with Crippen LogP contribution in [0.1, 0.15) is 36.8 Å². The number of hydrogen-bond acceptors (Lipinski definition) is 4. The maximum atomic E-state index is 5.64. The van der Waals surface area contributed by atoms with E-state index in [4.69, 9.17) is 4.42 Å². The quantitative estimate of drug-likeness (QED) is 0.866. The minimum Gasteiger partial charge on any atom is -0.425 e. The lowest BCUT2D eigenvalue weighted by molar-refractivity contribution is 0.446. The monoisotopic (exact) mass is 259 g/mol. The highest BCUT2D eigenvalue weighted by molar-refractivity contribution is 5.23. The van der Waals surface area contributed by atoms with E-state index in [1.165, 1.54) is 11.1 Å². The maximum Gasteiger partial charge on any atom is 0.220 e. The van der Waals surface area contributed by atoms with E-state index in [1.54, 1.807) is 0 Å². The minimum absolute atomic E-state index is 0.481. The van der Waals surface area contributed by atoms with Gasteiger partial charge >= 0.3 is 0 Å². The summed E-state index contributed by atoms with van der Waals surface area (Å²) in [5.41, 5.74) is 2.45. The average molecular weight is 259 g/mol. The van der Waals surface area contributed by atoms with E-state index in [2.05, 4.69) is 60.6 Å². The van der Waals surface area contributed by atoms with Gasteiger partial charge in [0, 0.05) is 19.0 Å². The van der Waals surface area contributed by atoms with E-state index in [0.29, 0.717) is 24.2 Å². The lowest BCUT2D eigenvalue weighted by Crippen LogP contribution is -2.25. The number of rotatable bonds is 6. The van der Waals surface area contributed by atoms with Gasteiger partial charge < -0.3 is 9.73 Å². The van der Waals surface area contributed by atoms with Crippen molar-refractivity contribution >= 4 is 0 Å². The molecular weight excluding hydrogens is 238 g/mol. The van der Waals surface area contributed by atoms with Crippen LogP contribution in [-0.4, -0.2) is 22.8 Å². The number of aryl methyl sites for hydroxylation is 1. The second-order valence-corrected chi connectivity index (χ2v) is 5.11. The molecule has 1 heterocycles. The van der Waals surface area contributed by atoms with E-state index in [-0.39, 0.29) is 0 Å². The fraction of sp³-hybridized carbons (Fsp3) is 0.467. The van der Waals surface area contributed by atoms with Crippen molar-refractivity contribution in [2.75, 3.05) is 6.54 Å². The normalized spacial score (nSPS) is 11.2. The number of aromatic nitrogens is 2. The number of nitrogens with zero attached hydrogens (tertiary/aromatic N) is 2. The number of benzene rings is 1. The minimum atomic E-state index is 0.481. The topological polar surface area (TPSA) is 51.0 Å². The van der Waals surface area contributed by atoms with Gasteiger partial charge in [-0.2, -0.15) is 0 Å². The number of hydrogen-bond donors (Lipinski definition) is 1. The van der Waals surface area contributed by atoms with Crippen molar-refractivity contribution in [2.24, 2.45) is 0 Å². The van der Waals surface area contributed by atoms with Gasteiger partial charge in [-0.1, -0.05) is 43.7 Å². The molecule has 0 atom stereocenters. The molecule has 4 nitrogen and oxygen atoms in total. The largest absolute Gasteiger partial charge is 0.425 e. The van der Waals surface area contributed by atoms with Crippen molar-refractivity contribution < 1.29 is 4.42 Å². The highest BCUT2D eigenvalue weighted by Crippen LogP contribution is 2.10. The van der Waals surface area contributed by atoms with Crippen LogP contribution >= 0.6 is 0 Å². The fourth-order valence-electron chi connectivity index (χ4n) is 1.81. The van der Waals surface area contributed by atoms with Crippen molar-refractivity contribution in [1.82, 2.24) is 15.5 Å². The van der Waals surface area contributed by atoms with E-state index in [9.17, 15) is 0 Å². The molecule has 0 spiro atoms. The molecule has 0 saturated carbocycles. The zero-order valence-electron chi connectivity index (χ0n) is 11.8. The van der Waals surface area contributed by atoms with Crippen molar-refractivity contribution in [3.05, 3.63) is 47.2 Å². The van der Waals surface area contributed by atoms with Gasteiger partial charge in [-0.25, -0.2) is 0 Å². The summed E-state index contributed by atoms with van der Waals surface area (Å²) in [6, 6.07) is 8.87. The first-order chi connectivity index (χ1) is 9.13. The molecule has 2 rings (SSSR count). The average Bonchev–Trinajstić information content (AvgIpc) is 2.79. The van der Waals surface area contributed by atoms with Crippen LogP contribution in [-0.2, 0) is 12.8 Å². The predicted molar refractivity (Wildman–Crippen MR) is 75.1 cm³/mol. The third-order valence-electron chi connectivity index (χ3n) is 2.88. The molecule has 19 heavy (non-hydrogen) atoms. The molecule has 0 fully saturated rings. The fourth-order valence-corrected chi connectivity index (χ4v) is 1.81. The molecular formula is C15H21N3O. The van der Waals surface area contributed by atoms with Crippen LogP contribution in [0.15, 0.2) is 28.7 Å². The van der Waals surface area contributed by atoms with Crippen molar-refractivity contribution in [3.63, 3.8) is 0 Å². The van der Waals surface area contributed by atoms with E-state index in [1.807, 2.05) is 0 Å². The summed E-state index contributed by atoms with van der Waals surface area (Å²) in [6.45, 7) is 7.19. The molecule has 4 heteroatoms. The van der Waals surface area contributed by atoms with Gasteiger partial charge in [0.05, 0.1) is 6.42 Å². The molecule has 0 aliphatic rings. The van der Waals surface area contributed by atoms with Gasteiger partial charge in [0.1, 0.15) is 0 Å². The Kier molecular flexibility index (Phi) is 4.68. The highest BCUT2D eigenvalue weighted by atomic mass is 16.4. The number of nitrogens with one attached hydrogen (secondary N) is 1. The summed E-state index contributed by atoms with van der Waals surface area (Å²) in [5.74, 6) is 1.39. The van der Waals surface area contributed by atoms with Gasteiger partial charge in [0.15, 0.2) is 0 Å². The van der Waals surface area contributed by atoms with Crippen LogP contribution in [0.5, 0.6) is 0 Å². The molecule has 0 bridgehead atoms. The Morgan fingerprint density at radius 2 is 1.79 bits per heavy atom. The molecule has 1 aromatic carbocycles. The standard InChI is InChI=1S/C15H21N3O/c1-11(2)16-9-8-14-17-18-15(19-14)10-13-6-4-12(3)5-7-13/h4-7,11,16H,8-10H2,1-3H3. The summed E-state index contributed by atoms with van der Waals surface area (Å²) in [6.07, 6.45) is 1.48. The molecule has 1 N–H and O–H groups in total. The Bertz CT molecular complexity index is 502. The van der Waals surface area contributed by atoms with Crippen molar-refractivity contribution in [1.29, 1.82) is 0 Å². The first kappa shape index (κ1) is 13.7. The molecule has 0 aliphatic heterocycles. The Morgan fingerprint density at radius 3 is 2.47 bits per heavy atom. The van der Waals surface area contributed by atoms with Crippen LogP contribution in [0.2, 0.25) is 0 Å². The van der Waals surface area contributed by atoms with Crippen molar-refractivity contribution in [2.45, 2.75) is 39.7 Å². The lowest BCUT2D eigenvalue weighted by atomic mass is 10.1. The first-order valence-corrected chi connectivity index (χ1v) is 6.73. The molecule has 2 aromatic rings. The summed E-state index contributed by atoms with van der Waals surface area (Å²) in [5, 5.41) is 11.5. The maximum absolute atomic E-state index is 5.64. The van der Waals surface area contributed by atoms with Gasteiger partial charge in [0.25, 0.3) is 0 Å². The summed E-state index contributed by atoms with van der Waals surface area (Å²) in [7, 11) is 0. The van der Waals surface area contributed by atoms with Crippen LogP contribution in [0.3, 0.4) is 0 Å². The summed E-state index contributed by atoms with van der Waals surface area (Å²) in [4.78, 5) is 0. The second kappa shape index (κ2) is 6.48. The van der Waals surface area contributed by atoms with E-state index in [0.717, 1.165) is 13.0 Å². The zero-order chi connectivity index (χ0) is 13.7. The molecule has 1 aromatic heterocycles. The van der Waals surface area contributed by atoms with Gasteiger partial charge in [-0.15, -0.1) is 10.2 Å². The summed E-state index contributed by atoms with van der Waals surface area (Å²) < 4.78 is 5.64. The van der Waals surface area contributed by atoms with E-state index >= 15 is 0 Å². The molecule has 0 aliphatic carbocycles. The molecule has 0 amide bonds. The summed E-state index contributed by atoms with van der Waals surface area (Å²) >= 11 is 0. The molecule has 0 radical (unpaired) electrons. The third kappa shape index (κ3) is 4.48. The van der Waals surface area contributed by atoms with Crippen LogP contribution in [0.25, 0.3) is 0 Å². The Hall–Kier alpha value is -1.68. The van der Waals surface area contributed by atoms with Crippen LogP contribution in [0.4, 0.5) is 0 Å². The Balaban J connectivity index is 1.88. The lowest BCUT2D eigenvalue weighted by Gasteiger charge is -2.04. The smallest absolute Gasteiger partial charge is 0.220 e. The predicted octanol–water partition coefficient (Wildman–Crippen LogP) is 2.51. The van der Waals surface area contributed by atoms with Crippen LogP contribution in [0, 0.1) is 6.92 Å². The highest BCUT2D eigenvalue weighted by Gasteiger charge is 2.07. The Morgan fingerprint density at radius 1 is 1.11 bits per heavy atom. The first-order valence-electron chi connectivity index (χ1n) is 6.73. The SMILES string of the molecule is Cc1ccc(Cc2nnc(CCNC(C)C)o2)cc1. The Labute approximate surface area is 114 Å². The molecule has 0 unspecified atom stereocenters. The zero-order valence-corrected chi connectivity index (χ0v) is 11.8. The van der Waals surface area contributed by atoms with E-state index < -0.39 is 0 Å². The van der Waals surface area contributed by atoms with Gasteiger partial charge in [-0.05, 0) is 12.5 Å². The van der Waals surface area contributed by atoms with Crippen molar-refractivity contribution in [3.8, 4) is 0 Å². The second-order valence-electron chi connectivity index (χ2n) is 5.11. The molecule has 102 valence electrons. The third-order valence-corrected chi connectivity index (χ3v) is 2.88.